The van der Waals surface area contributed by atoms with E-state index >= 15 is 0 Å². The summed E-state index contributed by atoms with van der Waals surface area (Å²) in [5.41, 5.74) is 1.39. The van der Waals surface area contributed by atoms with Crippen molar-refractivity contribution >= 4 is 21.6 Å². The first kappa shape index (κ1) is 21.6. The molecule has 0 radical (unpaired) electrons. The normalized spacial score (nSPS) is 12.1. The van der Waals surface area contributed by atoms with Crippen molar-refractivity contribution in [2.75, 3.05) is 24.7 Å². The third-order valence-corrected chi connectivity index (χ3v) is 5.49. The van der Waals surface area contributed by atoms with Crippen molar-refractivity contribution in [2.24, 2.45) is 0 Å². The van der Waals surface area contributed by atoms with Crippen LogP contribution < -0.4 is 19.1 Å². The van der Waals surface area contributed by atoms with Gasteiger partial charge in [-0.05, 0) is 36.8 Å². The van der Waals surface area contributed by atoms with Crippen molar-refractivity contribution in [3.63, 3.8) is 0 Å². The minimum Gasteiger partial charge on any atom is -0.496 e. The summed E-state index contributed by atoms with van der Waals surface area (Å²) in [7, 11) is -0.267. The first-order chi connectivity index (χ1) is 13.3. The van der Waals surface area contributed by atoms with Gasteiger partial charge < -0.3 is 14.8 Å². The molecule has 0 aliphatic heterocycles. The summed E-state index contributed by atoms with van der Waals surface area (Å²) < 4.78 is 35.4. The molecule has 28 heavy (non-hydrogen) atoms. The lowest BCUT2D eigenvalue weighted by atomic mass is 10.2. The number of rotatable bonds is 9. The number of carbonyl (C=O) groups is 1. The maximum absolute atomic E-state index is 12.5. The Morgan fingerprint density at radius 1 is 1.14 bits per heavy atom. The Morgan fingerprint density at radius 3 is 2.36 bits per heavy atom. The molecule has 2 aromatic rings. The Bertz CT molecular complexity index is 897. The van der Waals surface area contributed by atoms with Crippen LogP contribution in [0.4, 0.5) is 5.69 Å². The molecule has 0 bridgehead atoms. The van der Waals surface area contributed by atoms with Gasteiger partial charge in [-0.25, -0.2) is 8.42 Å². The first-order valence-corrected chi connectivity index (χ1v) is 10.7. The van der Waals surface area contributed by atoms with Crippen molar-refractivity contribution in [2.45, 2.75) is 26.0 Å². The van der Waals surface area contributed by atoms with Gasteiger partial charge in [0, 0.05) is 19.2 Å². The SMILES string of the molecule is CCC(Oc1ccc(N(C)S(C)(=O)=O)cc1)C(=O)NCc1ccccc1OC. The third kappa shape index (κ3) is 5.63. The Labute approximate surface area is 166 Å². The number of hydrogen-bond donors (Lipinski definition) is 1. The van der Waals surface area contributed by atoms with Crippen LogP contribution in [0.2, 0.25) is 0 Å². The Kier molecular flexibility index (Phi) is 7.28. The number of benzene rings is 2. The summed E-state index contributed by atoms with van der Waals surface area (Å²) in [6, 6.07) is 14.0. The quantitative estimate of drug-likeness (QED) is 0.692. The number of hydrogen-bond acceptors (Lipinski definition) is 5. The van der Waals surface area contributed by atoms with E-state index in [2.05, 4.69) is 5.32 Å². The fourth-order valence-electron chi connectivity index (χ4n) is 2.56. The monoisotopic (exact) mass is 406 g/mol. The molecule has 1 unspecified atom stereocenters. The number of nitrogens with one attached hydrogen (secondary N) is 1. The molecule has 8 heteroatoms. The fourth-order valence-corrected chi connectivity index (χ4v) is 3.06. The van der Waals surface area contributed by atoms with Gasteiger partial charge >= 0.3 is 0 Å². The van der Waals surface area contributed by atoms with Gasteiger partial charge in [0.25, 0.3) is 5.91 Å². The largest absolute Gasteiger partial charge is 0.496 e. The van der Waals surface area contributed by atoms with Crippen LogP contribution in [-0.2, 0) is 21.4 Å². The number of nitrogens with zero attached hydrogens (tertiary/aromatic N) is 1. The summed E-state index contributed by atoms with van der Waals surface area (Å²) in [4.78, 5) is 12.5. The number of methoxy groups -OCH3 is 1. The van der Waals surface area contributed by atoms with Crippen molar-refractivity contribution in [1.82, 2.24) is 5.32 Å². The summed E-state index contributed by atoms with van der Waals surface area (Å²) in [6.07, 6.45) is 0.965. The van der Waals surface area contributed by atoms with Crippen LogP contribution in [0.5, 0.6) is 11.5 Å². The molecule has 0 aliphatic rings. The van der Waals surface area contributed by atoms with Crippen LogP contribution in [0.3, 0.4) is 0 Å². The summed E-state index contributed by atoms with van der Waals surface area (Å²) in [6.45, 7) is 2.19. The lowest BCUT2D eigenvalue weighted by molar-refractivity contribution is -0.128. The minimum absolute atomic E-state index is 0.231. The van der Waals surface area contributed by atoms with Gasteiger partial charge in [0.15, 0.2) is 6.10 Å². The molecule has 1 atom stereocenters. The highest BCUT2D eigenvalue weighted by Crippen LogP contribution is 2.22. The molecule has 152 valence electrons. The van der Waals surface area contributed by atoms with Gasteiger partial charge in [0.05, 0.1) is 19.1 Å². The lowest BCUT2D eigenvalue weighted by Crippen LogP contribution is -2.37. The van der Waals surface area contributed by atoms with Gasteiger partial charge in [-0.15, -0.1) is 0 Å². The molecule has 1 N–H and O–H groups in total. The summed E-state index contributed by atoms with van der Waals surface area (Å²) in [5, 5.41) is 2.86. The smallest absolute Gasteiger partial charge is 0.261 e. The van der Waals surface area contributed by atoms with E-state index in [1.54, 1.807) is 31.4 Å². The van der Waals surface area contributed by atoms with Crippen molar-refractivity contribution in [3.05, 3.63) is 54.1 Å². The molecule has 0 saturated carbocycles. The zero-order valence-corrected chi connectivity index (χ0v) is 17.3. The molecule has 2 rings (SSSR count). The second kappa shape index (κ2) is 9.45. The van der Waals surface area contributed by atoms with E-state index in [1.807, 2.05) is 31.2 Å². The highest BCUT2D eigenvalue weighted by atomic mass is 32.2. The van der Waals surface area contributed by atoms with E-state index in [-0.39, 0.29) is 5.91 Å². The highest BCUT2D eigenvalue weighted by Gasteiger charge is 2.19. The molecule has 0 fully saturated rings. The van der Waals surface area contributed by atoms with E-state index in [9.17, 15) is 13.2 Å². The van der Waals surface area contributed by atoms with Crippen LogP contribution in [0, 0.1) is 0 Å². The van der Waals surface area contributed by atoms with E-state index in [0.29, 0.717) is 30.2 Å². The van der Waals surface area contributed by atoms with Crippen LogP contribution >= 0.6 is 0 Å². The van der Waals surface area contributed by atoms with Gasteiger partial charge in [0.2, 0.25) is 10.0 Å². The van der Waals surface area contributed by atoms with Crippen molar-refractivity contribution in [3.8, 4) is 11.5 Å². The van der Waals surface area contributed by atoms with Crippen molar-refractivity contribution < 1.29 is 22.7 Å². The fraction of sp³-hybridized carbons (Fsp3) is 0.350. The first-order valence-electron chi connectivity index (χ1n) is 8.86. The summed E-state index contributed by atoms with van der Waals surface area (Å²) in [5.74, 6) is 0.970. The zero-order valence-electron chi connectivity index (χ0n) is 16.5. The Hall–Kier alpha value is -2.74. The lowest BCUT2D eigenvalue weighted by Gasteiger charge is -2.19. The topological polar surface area (TPSA) is 84.9 Å². The van der Waals surface area contributed by atoms with E-state index in [4.69, 9.17) is 9.47 Å². The second-order valence-electron chi connectivity index (χ2n) is 6.27. The van der Waals surface area contributed by atoms with Gasteiger partial charge in [-0.3, -0.25) is 9.10 Å². The number of anilines is 1. The average molecular weight is 407 g/mol. The van der Waals surface area contributed by atoms with Crippen LogP contribution in [0.15, 0.2) is 48.5 Å². The van der Waals surface area contributed by atoms with Crippen LogP contribution in [0.25, 0.3) is 0 Å². The molecular weight excluding hydrogens is 380 g/mol. The van der Waals surface area contributed by atoms with Gasteiger partial charge in [-0.1, -0.05) is 25.1 Å². The Balaban J connectivity index is 2.00. The van der Waals surface area contributed by atoms with E-state index < -0.39 is 16.1 Å². The van der Waals surface area contributed by atoms with Gasteiger partial charge in [-0.2, -0.15) is 0 Å². The van der Waals surface area contributed by atoms with E-state index in [0.717, 1.165) is 11.8 Å². The molecule has 0 saturated heterocycles. The second-order valence-corrected chi connectivity index (χ2v) is 8.28. The predicted molar refractivity (Wildman–Crippen MR) is 109 cm³/mol. The van der Waals surface area contributed by atoms with Crippen LogP contribution in [-0.4, -0.2) is 40.8 Å². The number of ether oxygens (including phenoxy) is 2. The maximum atomic E-state index is 12.5. The van der Waals surface area contributed by atoms with Crippen LogP contribution in [0.1, 0.15) is 18.9 Å². The zero-order chi connectivity index (χ0) is 20.7. The third-order valence-electron chi connectivity index (χ3n) is 4.28. The Morgan fingerprint density at radius 2 is 1.79 bits per heavy atom. The number of amides is 1. The number of carbonyl (C=O) groups excluding carboxylic acids is 1. The number of sulfonamides is 1. The number of para-hydroxylation sites is 1. The minimum atomic E-state index is -3.33. The average Bonchev–Trinajstić information content (AvgIpc) is 2.69. The molecule has 1 amide bonds. The molecule has 0 aromatic heterocycles. The molecule has 0 spiro atoms. The van der Waals surface area contributed by atoms with Gasteiger partial charge in [0.1, 0.15) is 11.5 Å². The molecule has 2 aromatic carbocycles. The standard InChI is InChI=1S/C20H26N2O5S/c1-5-18(20(23)21-14-15-8-6-7-9-19(15)26-3)27-17-12-10-16(11-13-17)22(2)28(4,24)25/h6-13,18H,5,14H2,1-4H3,(H,21,23). The predicted octanol–water partition coefficient (Wildman–Crippen LogP) is 2.56. The highest BCUT2D eigenvalue weighted by molar-refractivity contribution is 7.92. The molecule has 0 heterocycles. The maximum Gasteiger partial charge on any atom is 0.261 e. The summed E-state index contributed by atoms with van der Waals surface area (Å²) >= 11 is 0. The molecule has 7 nitrogen and oxygen atoms in total. The molecular formula is C20H26N2O5S. The van der Waals surface area contributed by atoms with Crippen molar-refractivity contribution in [1.29, 1.82) is 0 Å². The molecule has 0 aliphatic carbocycles. The van der Waals surface area contributed by atoms with E-state index in [1.165, 1.54) is 11.4 Å².